The first-order valence-electron chi connectivity index (χ1n) is 10.6. The minimum absolute atomic E-state index is 0.0215. The van der Waals surface area contributed by atoms with Gasteiger partial charge in [-0.05, 0) is 42.8 Å². The zero-order chi connectivity index (χ0) is 23.5. The number of rotatable bonds is 7. The van der Waals surface area contributed by atoms with E-state index in [-0.39, 0.29) is 10.4 Å². The number of carbonyl (C=O) groups excluding carboxylic acids is 1. The number of nitrogens with one attached hydrogen (secondary N) is 2. The molecule has 0 spiro atoms. The lowest BCUT2D eigenvalue weighted by molar-refractivity contribution is -0.0809. The van der Waals surface area contributed by atoms with Gasteiger partial charge in [-0.2, -0.15) is 4.42 Å². The molecule has 1 unspecified atom stereocenters. The number of hydrogen-bond donors (Lipinski definition) is 2. The number of halogens is 1. The van der Waals surface area contributed by atoms with Crippen molar-refractivity contribution in [2.24, 2.45) is 0 Å². The predicted octanol–water partition coefficient (Wildman–Crippen LogP) is 3.17. The van der Waals surface area contributed by atoms with E-state index in [4.69, 9.17) is 16.5 Å². The van der Waals surface area contributed by atoms with Crippen LogP contribution in [0.1, 0.15) is 18.9 Å². The highest BCUT2D eigenvalue weighted by Crippen LogP contribution is 2.36. The zero-order valence-corrected chi connectivity index (χ0v) is 20.6. The molecule has 11 heteroatoms. The van der Waals surface area contributed by atoms with Crippen LogP contribution >= 0.6 is 23.5 Å². The smallest absolute Gasteiger partial charge is 0.411 e. The second-order valence-corrected chi connectivity index (χ2v) is 11.6. The molecule has 2 saturated heterocycles. The summed E-state index contributed by atoms with van der Waals surface area (Å²) < 4.78 is 34.1. The van der Waals surface area contributed by atoms with Gasteiger partial charge in [-0.3, -0.25) is 10.2 Å². The number of sulfonamides is 1. The lowest BCUT2D eigenvalue weighted by Crippen LogP contribution is -2.65. The lowest BCUT2D eigenvalue weighted by Gasteiger charge is -2.40. The fourth-order valence-corrected chi connectivity index (χ4v) is 6.52. The van der Waals surface area contributed by atoms with Crippen LogP contribution in [-0.4, -0.2) is 59.9 Å². The van der Waals surface area contributed by atoms with Gasteiger partial charge in [0.15, 0.2) is 0 Å². The molecular weight excluding hydrogens is 484 g/mol. The van der Waals surface area contributed by atoms with Gasteiger partial charge in [0, 0.05) is 25.2 Å². The predicted molar refractivity (Wildman–Crippen MR) is 129 cm³/mol. The van der Waals surface area contributed by atoms with Gasteiger partial charge < -0.3 is 4.74 Å². The van der Waals surface area contributed by atoms with Gasteiger partial charge in [-0.15, -0.1) is 11.8 Å². The first-order valence-corrected chi connectivity index (χ1v) is 13.6. The van der Waals surface area contributed by atoms with Gasteiger partial charge in [0.25, 0.3) is 10.0 Å². The Morgan fingerprint density at radius 1 is 1.15 bits per heavy atom. The molecule has 2 aromatic carbocycles. The molecule has 178 valence electrons. The number of ether oxygens (including phenoxy) is 1. The van der Waals surface area contributed by atoms with Crippen LogP contribution in [0, 0.1) is 0 Å². The van der Waals surface area contributed by atoms with E-state index in [0.717, 1.165) is 26.1 Å². The van der Waals surface area contributed by atoms with Crippen LogP contribution in [0.15, 0.2) is 65.6 Å². The Bertz CT molecular complexity index is 1080. The summed E-state index contributed by atoms with van der Waals surface area (Å²) in [6.45, 7) is 4.49. The number of amides is 1. The highest BCUT2D eigenvalue weighted by Gasteiger charge is 2.51. The molecule has 0 aromatic heterocycles. The second kappa shape index (κ2) is 9.81. The first-order chi connectivity index (χ1) is 15.7. The number of hydrogen-bond acceptors (Lipinski definition) is 8. The van der Waals surface area contributed by atoms with Crippen LogP contribution in [-0.2, 0) is 21.3 Å². The molecule has 0 radical (unpaired) electrons. The van der Waals surface area contributed by atoms with Crippen molar-refractivity contribution in [2.75, 3.05) is 24.7 Å². The molecule has 2 aliphatic rings. The quantitative estimate of drug-likeness (QED) is 0.433. The molecule has 0 bridgehead atoms. The molecule has 0 saturated carbocycles. The molecular formula is C22H27ClN4O4S2. The first kappa shape index (κ1) is 24.3. The van der Waals surface area contributed by atoms with Crippen LogP contribution in [0.4, 0.5) is 4.79 Å². The standard InChI is InChI=1S/C22H27ClN4O4S2/c1-21(12-13-26(15-21)14-18-8-4-2-5-9-18)25-22(16-32-17-27(22)23)31-20(28)24-33(29,30)19-10-6-3-7-11-19/h2-11,25H,12-17H2,1H3,(H,24,28)/t21?,22-/m0/s1. The topological polar surface area (TPSA) is 91.0 Å². The average Bonchev–Trinajstić information content (AvgIpc) is 3.31. The van der Waals surface area contributed by atoms with E-state index in [0.29, 0.717) is 11.6 Å². The fourth-order valence-electron chi connectivity index (χ4n) is 4.19. The summed E-state index contributed by atoms with van der Waals surface area (Å²) in [5, 5.41) is 3.44. The Kier molecular flexibility index (Phi) is 7.23. The van der Waals surface area contributed by atoms with Gasteiger partial charge in [0.1, 0.15) is 0 Å². The minimum Gasteiger partial charge on any atom is -0.411 e. The molecule has 33 heavy (non-hydrogen) atoms. The van der Waals surface area contributed by atoms with Crippen molar-refractivity contribution < 1.29 is 17.9 Å². The van der Waals surface area contributed by atoms with E-state index in [1.807, 2.05) is 22.9 Å². The molecule has 2 heterocycles. The van der Waals surface area contributed by atoms with E-state index < -0.39 is 22.0 Å². The van der Waals surface area contributed by atoms with Gasteiger partial charge in [-0.1, -0.05) is 48.5 Å². The zero-order valence-electron chi connectivity index (χ0n) is 18.2. The summed E-state index contributed by atoms with van der Waals surface area (Å²) in [5.74, 6) is -0.541. The third-order valence-electron chi connectivity index (χ3n) is 5.73. The molecule has 2 aromatic rings. The van der Waals surface area contributed by atoms with E-state index in [9.17, 15) is 13.2 Å². The van der Waals surface area contributed by atoms with Crippen molar-refractivity contribution in [3.8, 4) is 0 Å². The summed E-state index contributed by atoms with van der Waals surface area (Å²) in [7, 11) is -4.06. The normalized spacial score (nSPS) is 26.4. The number of carbonyl (C=O) groups is 1. The Balaban J connectivity index is 1.44. The van der Waals surface area contributed by atoms with Crippen molar-refractivity contribution >= 4 is 39.7 Å². The molecule has 4 rings (SSSR count). The molecule has 2 N–H and O–H groups in total. The van der Waals surface area contributed by atoms with Crippen LogP contribution in [0.25, 0.3) is 0 Å². The average molecular weight is 511 g/mol. The fraction of sp³-hybridized carbons (Fsp3) is 0.409. The number of benzene rings is 2. The van der Waals surface area contributed by atoms with Crippen LogP contribution in [0.3, 0.4) is 0 Å². The van der Waals surface area contributed by atoms with Crippen molar-refractivity contribution in [3.05, 3.63) is 66.2 Å². The van der Waals surface area contributed by atoms with Gasteiger partial charge in [0.2, 0.25) is 5.85 Å². The van der Waals surface area contributed by atoms with E-state index in [1.165, 1.54) is 33.9 Å². The number of nitrogens with zero attached hydrogens (tertiary/aromatic N) is 2. The maximum atomic E-state index is 12.7. The third kappa shape index (κ3) is 5.82. The third-order valence-corrected chi connectivity index (χ3v) is 8.62. The van der Waals surface area contributed by atoms with E-state index >= 15 is 0 Å². The summed E-state index contributed by atoms with van der Waals surface area (Å²) in [4.78, 5) is 15.0. The molecule has 2 atom stereocenters. The second-order valence-electron chi connectivity index (χ2n) is 8.56. The minimum atomic E-state index is -4.06. The summed E-state index contributed by atoms with van der Waals surface area (Å²) in [6.07, 6.45) is -0.258. The van der Waals surface area contributed by atoms with Crippen molar-refractivity contribution in [2.45, 2.75) is 36.2 Å². The van der Waals surface area contributed by atoms with Gasteiger partial charge in [0.05, 0.1) is 16.5 Å². The molecule has 1 amide bonds. The molecule has 2 aliphatic heterocycles. The van der Waals surface area contributed by atoms with Crippen LogP contribution < -0.4 is 10.0 Å². The summed E-state index contributed by atoms with van der Waals surface area (Å²) >= 11 is 7.95. The Hall–Kier alpha value is -1.82. The van der Waals surface area contributed by atoms with Crippen molar-refractivity contribution in [1.82, 2.24) is 19.4 Å². The largest absolute Gasteiger partial charge is 0.424 e. The highest BCUT2D eigenvalue weighted by molar-refractivity contribution is 7.99. The van der Waals surface area contributed by atoms with E-state index in [2.05, 4.69) is 29.3 Å². The lowest BCUT2D eigenvalue weighted by atomic mass is 10.0. The molecule has 2 fully saturated rings. The van der Waals surface area contributed by atoms with Crippen LogP contribution in [0.5, 0.6) is 0 Å². The van der Waals surface area contributed by atoms with Crippen LogP contribution in [0.2, 0.25) is 0 Å². The number of thioether (sulfide) groups is 1. The summed E-state index contributed by atoms with van der Waals surface area (Å²) in [5.41, 5.74) is 0.847. The molecule has 0 aliphatic carbocycles. The van der Waals surface area contributed by atoms with Crippen molar-refractivity contribution in [1.29, 1.82) is 0 Å². The highest BCUT2D eigenvalue weighted by atomic mass is 35.5. The Morgan fingerprint density at radius 3 is 2.45 bits per heavy atom. The maximum absolute atomic E-state index is 12.7. The monoisotopic (exact) mass is 510 g/mol. The van der Waals surface area contributed by atoms with Gasteiger partial charge >= 0.3 is 6.09 Å². The number of likely N-dealkylation sites (tertiary alicyclic amines) is 1. The van der Waals surface area contributed by atoms with E-state index in [1.54, 1.807) is 18.2 Å². The summed E-state index contributed by atoms with van der Waals surface area (Å²) in [6, 6.07) is 17.9. The maximum Gasteiger partial charge on any atom is 0.424 e. The molecule has 8 nitrogen and oxygen atoms in total. The SMILES string of the molecule is CC1(N[C@@]2(OC(=O)NS(=O)(=O)c3ccccc3)CSCN2Cl)CCN(Cc2ccccc2)C1. The Labute approximate surface area is 203 Å². The Morgan fingerprint density at radius 2 is 1.82 bits per heavy atom. The van der Waals surface area contributed by atoms with Gasteiger partial charge in [-0.25, -0.2) is 17.9 Å². The van der Waals surface area contributed by atoms with Crippen molar-refractivity contribution in [3.63, 3.8) is 0 Å².